The van der Waals surface area contributed by atoms with Gasteiger partial charge in [0.05, 0.1) is 0 Å². The van der Waals surface area contributed by atoms with Crippen LogP contribution < -0.4 is 0 Å². The molecule has 2 aromatic heterocycles. The zero-order valence-corrected chi connectivity index (χ0v) is 13.2. The van der Waals surface area contributed by atoms with Crippen LogP contribution in [0.3, 0.4) is 0 Å². The summed E-state index contributed by atoms with van der Waals surface area (Å²) in [5.41, 5.74) is 2.20. The second kappa shape index (κ2) is 5.07. The summed E-state index contributed by atoms with van der Waals surface area (Å²) in [6.45, 7) is 2.66. The molecule has 0 bridgehead atoms. The Hall–Kier alpha value is -1.59. The van der Waals surface area contributed by atoms with Gasteiger partial charge in [0, 0.05) is 33.0 Å². The lowest BCUT2D eigenvalue weighted by Crippen LogP contribution is -1.98. The van der Waals surface area contributed by atoms with Crippen LogP contribution >= 0.6 is 27.3 Å². The van der Waals surface area contributed by atoms with Crippen LogP contribution in [0.1, 0.15) is 20.1 Å². The molecular formula is C15H12BrNO2S. The van der Waals surface area contributed by atoms with Crippen LogP contribution in [0, 0.1) is 6.92 Å². The number of benzene rings is 1. The lowest BCUT2D eigenvalue weighted by atomic mass is 10.2. The van der Waals surface area contributed by atoms with Gasteiger partial charge in [0.2, 0.25) is 0 Å². The highest BCUT2D eigenvalue weighted by Crippen LogP contribution is 2.27. The van der Waals surface area contributed by atoms with Crippen LogP contribution in [0.15, 0.2) is 41.0 Å². The SMILES string of the molecule is Cc1sc(C(=O)O)cc1Cn1ccc2c(Br)cccc21. The second-order valence-electron chi connectivity index (χ2n) is 4.61. The zero-order valence-electron chi connectivity index (χ0n) is 10.8. The average Bonchev–Trinajstić information content (AvgIpc) is 2.97. The molecule has 1 N–H and O–H groups in total. The van der Waals surface area contributed by atoms with Gasteiger partial charge < -0.3 is 9.67 Å². The van der Waals surface area contributed by atoms with E-state index in [0.29, 0.717) is 11.4 Å². The molecule has 0 fully saturated rings. The van der Waals surface area contributed by atoms with E-state index in [1.807, 2.05) is 25.3 Å². The first-order valence-corrected chi connectivity index (χ1v) is 7.73. The Morgan fingerprint density at radius 3 is 2.90 bits per heavy atom. The summed E-state index contributed by atoms with van der Waals surface area (Å²) in [6.07, 6.45) is 2.03. The number of thiophene rings is 1. The minimum absolute atomic E-state index is 0.398. The number of halogens is 1. The lowest BCUT2D eigenvalue weighted by Gasteiger charge is -2.05. The molecule has 0 amide bonds. The van der Waals surface area contributed by atoms with Gasteiger partial charge in [-0.1, -0.05) is 22.0 Å². The predicted octanol–water partition coefficient (Wildman–Crippen LogP) is 4.52. The summed E-state index contributed by atoms with van der Waals surface area (Å²) >= 11 is 4.87. The van der Waals surface area contributed by atoms with E-state index in [-0.39, 0.29) is 0 Å². The fourth-order valence-electron chi connectivity index (χ4n) is 2.29. The fraction of sp³-hybridized carbons (Fsp3) is 0.133. The zero-order chi connectivity index (χ0) is 14.3. The average molecular weight is 350 g/mol. The molecule has 1 aromatic carbocycles. The van der Waals surface area contributed by atoms with E-state index in [4.69, 9.17) is 5.11 Å². The van der Waals surface area contributed by atoms with E-state index in [2.05, 4.69) is 32.6 Å². The standard InChI is InChI=1S/C15H12BrNO2S/c1-9-10(7-14(20-9)15(18)19)8-17-6-5-11-12(16)3-2-4-13(11)17/h2-7H,8H2,1H3,(H,18,19). The summed E-state index contributed by atoms with van der Waals surface area (Å²) in [7, 11) is 0. The van der Waals surface area contributed by atoms with Crippen molar-refractivity contribution < 1.29 is 9.90 Å². The van der Waals surface area contributed by atoms with Crippen molar-refractivity contribution in [3.63, 3.8) is 0 Å². The van der Waals surface area contributed by atoms with Gasteiger partial charge in [-0.15, -0.1) is 11.3 Å². The van der Waals surface area contributed by atoms with Gasteiger partial charge in [-0.25, -0.2) is 4.79 Å². The Morgan fingerprint density at radius 1 is 1.40 bits per heavy atom. The first-order chi connectivity index (χ1) is 9.56. The quantitative estimate of drug-likeness (QED) is 0.755. The predicted molar refractivity (Wildman–Crippen MR) is 84.8 cm³/mol. The Bertz CT molecular complexity index is 803. The molecule has 3 aromatic rings. The minimum atomic E-state index is -0.857. The number of aromatic carboxylic acids is 1. The van der Waals surface area contributed by atoms with E-state index in [1.165, 1.54) is 16.7 Å². The molecule has 0 radical (unpaired) electrons. The summed E-state index contributed by atoms with van der Waals surface area (Å²) < 4.78 is 3.21. The maximum Gasteiger partial charge on any atom is 0.345 e. The van der Waals surface area contributed by atoms with Crippen molar-refractivity contribution >= 4 is 44.1 Å². The molecule has 0 unspecified atom stereocenters. The number of aromatic nitrogens is 1. The summed E-state index contributed by atoms with van der Waals surface area (Å²) in [6, 6.07) is 9.93. The smallest absolute Gasteiger partial charge is 0.345 e. The highest BCUT2D eigenvalue weighted by Gasteiger charge is 2.12. The number of carboxylic acid groups (broad SMARTS) is 1. The lowest BCUT2D eigenvalue weighted by molar-refractivity contribution is 0.0702. The largest absolute Gasteiger partial charge is 0.477 e. The Balaban J connectivity index is 2.01. The topological polar surface area (TPSA) is 42.2 Å². The highest BCUT2D eigenvalue weighted by molar-refractivity contribution is 9.10. The third-order valence-electron chi connectivity index (χ3n) is 3.33. The molecule has 2 heterocycles. The van der Waals surface area contributed by atoms with Gasteiger partial charge in [0.15, 0.2) is 0 Å². The molecule has 0 aliphatic carbocycles. The Morgan fingerprint density at radius 2 is 2.20 bits per heavy atom. The van der Waals surface area contributed by atoms with Crippen molar-refractivity contribution in [3.8, 4) is 0 Å². The molecule has 0 saturated carbocycles. The van der Waals surface area contributed by atoms with Crippen molar-refractivity contribution in [2.45, 2.75) is 13.5 Å². The summed E-state index contributed by atoms with van der Waals surface area (Å²) in [4.78, 5) is 12.5. The van der Waals surface area contributed by atoms with Crippen LogP contribution in [0.5, 0.6) is 0 Å². The highest BCUT2D eigenvalue weighted by atomic mass is 79.9. The molecule has 20 heavy (non-hydrogen) atoms. The first kappa shape index (κ1) is 13.4. The maximum absolute atomic E-state index is 11.0. The van der Waals surface area contributed by atoms with Crippen molar-refractivity contribution in [1.29, 1.82) is 0 Å². The van der Waals surface area contributed by atoms with Gasteiger partial charge in [-0.2, -0.15) is 0 Å². The molecule has 0 aliphatic rings. The van der Waals surface area contributed by atoms with Gasteiger partial charge in [0.25, 0.3) is 0 Å². The minimum Gasteiger partial charge on any atom is -0.477 e. The molecule has 0 spiro atoms. The number of hydrogen-bond acceptors (Lipinski definition) is 2. The molecule has 0 saturated heterocycles. The van der Waals surface area contributed by atoms with E-state index in [1.54, 1.807) is 6.07 Å². The summed E-state index contributed by atoms with van der Waals surface area (Å²) in [5.74, 6) is -0.857. The molecule has 3 nitrogen and oxygen atoms in total. The number of fused-ring (bicyclic) bond motifs is 1. The molecule has 0 atom stereocenters. The van der Waals surface area contributed by atoms with Crippen molar-refractivity contribution in [2.75, 3.05) is 0 Å². The van der Waals surface area contributed by atoms with E-state index < -0.39 is 5.97 Å². The third kappa shape index (κ3) is 2.27. The van der Waals surface area contributed by atoms with Crippen LogP contribution in [0.4, 0.5) is 0 Å². The number of carboxylic acids is 1. The van der Waals surface area contributed by atoms with Crippen molar-refractivity contribution in [1.82, 2.24) is 4.57 Å². The van der Waals surface area contributed by atoms with Crippen LogP contribution in [0.2, 0.25) is 0 Å². The van der Waals surface area contributed by atoms with Gasteiger partial charge >= 0.3 is 5.97 Å². The van der Waals surface area contributed by atoms with Gasteiger partial charge in [-0.3, -0.25) is 0 Å². The molecule has 0 aliphatic heterocycles. The van der Waals surface area contributed by atoms with E-state index in [0.717, 1.165) is 20.4 Å². The van der Waals surface area contributed by atoms with E-state index in [9.17, 15) is 4.79 Å². The number of aryl methyl sites for hydroxylation is 1. The number of nitrogens with zero attached hydrogens (tertiary/aromatic N) is 1. The Kier molecular flexibility index (Phi) is 3.40. The molecule has 3 rings (SSSR count). The van der Waals surface area contributed by atoms with E-state index >= 15 is 0 Å². The Labute approximate surface area is 128 Å². The van der Waals surface area contributed by atoms with Crippen molar-refractivity contribution in [3.05, 3.63) is 56.3 Å². The summed E-state index contributed by atoms with van der Waals surface area (Å²) in [5, 5.41) is 10.2. The molecule has 5 heteroatoms. The monoisotopic (exact) mass is 349 g/mol. The normalized spacial score (nSPS) is 11.1. The number of rotatable bonds is 3. The van der Waals surface area contributed by atoms with Crippen LogP contribution in [-0.4, -0.2) is 15.6 Å². The van der Waals surface area contributed by atoms with Gasteiger partial charge in [-0.05, 0) is 36.8 Å². The van der Waals surface area contributed by atoms with Gasteiger partial charge in [0.1, 0.15) is 4.88 Å². The first-order valence-electron chi connectivity index (χ1n) is 6.12. The number of carbonyl (C=O) groups is 1. The number of hydrogen-bond donors (Lipinski definition) is 1. The van der Waals surface area contributed by atoms with Crippen LogP contribution in [0.25, 0.3) is 10.9 Å². The third-order valence-corrected chi connectivity index (χ3v) is 5.10. The fourth-order valence-corrected chi connectivity index (χ4v) is 3.65. The molecule has 102 valence electrons. The second-order valence-corrected chi connectivity index (χ2v) is 6.72. The van der Waals surface area contributed by atoms with Crippen LogP contribution in [-0.2, 0) is 6.54 Å². The maximum atomic E-state index is 11.0. The molecular weight excluding hydrogens is 338 g/mol. The van der Waals surface area contributed by atoms with Crippen molar-refractivity contribution in [2.24, 2.45) is 0 Å².